The number of urea groups is 1. The first-order valence-electron chi connectivity index (χ1n) is 8.72. The molecule has 4 rings (SSSR count). The number of anilines is 3. The summed E-state index contributed by atoms with van der Waals surface area (Å²) in [6, 6.07) is 2.92. The number of nitrogen functional groups attached to an aromatic ring is 1. The van der Waals surface area contributed by atoms with E-state index < -0.39 is 11.8 Å². The van der Waals surface area contributed by atoms with Crippen molar-refractivity contribution in [2.75, 3.05) is 36.6 Å². The smallest absolute Gasteiger partial charge is 0.320 e. The third kappa shape index (κ3) is 2.90. The van der Waals surface area contributed by atoms with Gasteiger partial charge in [-0.2, -0.15) is 0 Å². The van der Waals surface area contributed by atoms with Crippen LogP contribution in [-0.2, 0) is 0 Å². The van der Waals surface area contributed by atoms with Gasteiger partial charge >= 0.3 is 6.03 Å². The fourth-order valence-corrected chi connectivity index (χ4v) is 3.23. The first-order chi connectivity index (χ1) is 13.5. The molecule has 8 nitrogen and oxygen atoms in total. The molecule has 0 unspecified atom stereocenters. The summed E-state index contributed by atoms with van der Waals surface area (Å²) >= 11 is 0. The van der Waals surface area contributed by atoms with Crippen LogP contribution in [0.15, 0.2) is 24.5 Å². The van der Waals surface area contributed by atoms with Crippen LogP contribution in [0.2, 0.25) is 0 Å². The lowest BCUT2D eigenvalue weighted by molar-refractivity contribution is 0.254. The van der Waals surface area contributed by atoms with Gasteiger partial charge in [-0.3, -0.25) is 5.32 Å². The minimum atomic E-state index is -0.539. The molecule has 28 heavy (non-hydrogen) atoms. The summed E-state index contributed by atoms with van der Waals surface area (Å²) in [5.41, 5.74) is 8.54. The Morgan fingerprint density at radius 3 is 2.89 bits per heavy atom. The number of halogens is 1. The highest BCUT2D eigenvalue weighted by atomic mass is 19.1. The average Bonchev–Trinajstić information content (AvgIpc) is 2.71. The number of ether oxygens (including phenoxy) is 1. The second-order valence-electron chi connectivity index (χ2n) is 6.40. The van der Waals surface area contributed by atoms with Gasteiger partial charge in [0.2, 0.25) is 5.88 Å². The molecular weight excluding hydrogens is 363 g/mol. The predicted molar refractivity (Wildman–Crippen MR) is 106 cm³/mol. The van der Waals surface area contributed by atoms with Crippen molar-refractivity contribution in [3.05, 3.63) is 35.9 Å². The van der Waals surface area contributed by atoms with Crippen LogP contribution in [-0.4, -0.2) is 36.2 Å². The molecule has 0 bridgehead atoms. The SMILES string of the molecule is CNC(=O)Nc1cc2cc(-c3cnc4c(c3C)NCCO4)c(F)c(N)c2cn1. The lowest BCUT2D eigenvalue weighted by atomic mass is 9.97. The van der Waals surface area contributed by atoms with Gasteiger partial charge in [0.15, 0.2) is 5.82 Å². The van der Waals surface area contributed by atoms with E-state index >= 15 is 4.39 Å². The second-order valence-corrected chi connectivity index (χ2v) is 6.40. The predicted octanol–water partition coefficient (Wildman–Crippen LogP) is 2.88. The maximum atomic E-state index is 15.1. The highest BCUT2D eigenvalue weighted by Crippen LogP contribution is 2.39. The van der Waals surface area contributed by atoms with Gasteiger partial charge < -0.3 is 21.1 Å². The Morgan fingerprint density at radius 2 is 2.11 bits per heavy atom. The van der Waals surface area contributed by atoms with Crippen molar-refractivity contribution in [2.24, 2.45) is 0 Å². The van der Waals surface area contributed by atoms with Gasteiger partial charge in [0.05, 0.1) is 5.69 Å². The number of pyridine rings is 2. The monoisotopic (exact) mass is 382 g/mol. The molecule has 0 saturated heterocycles. The molecule has 0 spiro atoms. The van der Waals surface area contributed by atoms with Gasteiger partial charge in [-0.15, -0.1) is 0 Å². The second kappa shape index (κ2) is 6.84. The van der Waals surface area contributed by atoms with Crippen LogP contribution < -0.4 is 26.4 Å². The molecule has 2 amide bonds. The van der Waals surface area contributed by atoms with E-state index in [1.807, 2.05) is 6.92 Å². The maximum absolute atomic E-state index is 15.1. The number of rotatable bonds is 2. The molecule has 5 N–H and O–H groups in total. The summed E-state index contributed by atoms with van der Waals surface area (Å²) in [5.74, 6) is 0.296. The number of amides is 2. The Kier molecular flexibility index (Phi) is 4.34. The quantitative estimate of drug-likeness (QED) is 0.507. The van der Waals surface area contributed by atoms with Gasteiger partial charge in [-0.05, 0) is 30.0 Å². The van der Waals surface area contributed by atoms with Gasteiger partial charge in [0.1, 0.15) is 18.1 Å². The Hall–Kier alpha value is -3.62. The van der Waals surface area contributed by atoms with Crippen LogP contribution in [0, 0.1) is 12.7 Å². The molecular formula is C19H19FN6O2. The van der Waals surface area contributed by atoms with Crippen LogP contribution in [0.1, 0.15) is 5.56 Å². The fraction of sp³-hybridized carbons (Fsp3) is 0.211. The van der Waals surface area contributed by atoms with Crippen molar-refractivity contribution in [3.8, 4) is 17.0 Å². The van der Waals surface area contributed by atoms with Crippen LogP contribution in [0.4, 0.5) is 26.4 Å². The largest absolute Gasteiger partial charge is 0.474 e. The molecule has 0 atom stereocenters. The van der Waals surface area contributed by atoms with Crippen LogP contribution in [0.25, 0.3) is 21.9 Å². The number of hydrogen-bond acceptors (Lipinski definition) is 6. The normalized spacial score (nSPS) is 12.7. The summed E-state index contributed by atoms with van der Waals surface area (Å²) in [6.07, 6.45) is 3.02. The Labute approximate surface area is 160 Å². The highest BCUT2D eigenvalue weighted by Gasteiger charge is 2.21. The number of fused-ring (bicyclic) bond motifs is 2. The number of carbonyl (C=O) groups excluding carboxylic acids is 1. The van der Waals surface area contributed by atoms with Crippen molar-refractivity contribution >= 4 is 34.0 Å². The number of benzene rings is 1. The van der Waals surface area contributed by atoms with E-state index in [9.17, 15) is 4.79 Å². The zero-order chi connectivity index (χ0) is 19.8. The molecule has 1 aromatic carbocycles. The lowest BCUT2D eigenvalue weighted by Crippen LogP contribution is -2.24. The van der Waals surface area contributed by atoms with E-state index in [1.54, 1.807) is 18.3 Å². The number of carbonyl (C=O) groups is 1. The van der Waals surface area contributed by atoms with E-state index in [0.29, 0.717) is 46.7 Å². The molecule has 2 aromatic heterocycles. The van der Waals surface area contributed by atoms with E-state index in [-0.39, 0.29) is 5.69 Å². The molecule has 0 aliphatic carbocycles. The number of nitrogens with zero attached hydrogens (tertiary/aromatic N) is 2. The Morgan fingerprint density at radius 1 is 1.29 bits per heavy atom. The molecule has 0 saturated carbocycles. The van der Waals surface area contributed by atoms with Crippen molar-refractivity contribution < 1.29 is 13.9 Å². The molecule has 0 fully saturated rings. The minimum Gasteiger partial charge on any atom is -0.474 e. The van der Waals surface area contributed by atoms with Gasteiger partial charge in [-0.1, -0.05) is 0 Å². The number of nitrogens with one attached hydrogen (secondary N) is 3. The number of nitrogens with two attached hydrogens (primary N) is 1. The van der Waals surface area contributed by atoms with Crippen molar-refractivity contribution in [2.45, 2.75) is 6.92 Å². The minimum absolute atomic E-state index is 0.00665. The van der Waals surface area contributed by atoms with Crippen molar-refractivity contribution in [3.63, 3.8) is 0 Å². The first kappa shape index (κ1) is 17.8. The van der Waals surface area contributed by atoms with Gasteiger partial charge in [0.25, 0.3) is 0 Å². The molecule has 0 radical (unpaired) electrons. The summed E-state index contributed by atoms with van der Waals surface area (Å²) in [6.45, 7) is 3.06. The molecule has 9 heteroatoms. The molecule has 3 heterocycles. The maximum Gasteiger partial charge on any atom is 0.320 e. The van der Waals surface area contributed by atoms with Crippen LogP contribution in [0.3, 0.4) is 0 Å². The van der Waals surface area contributed by atoms with Gasteiger partial charge in [-0.25, -0.2) is 19.2 Å². The average molecular weight is 382 g/mol. The standard InChI is InChI=1S/C19H19FN6O2/c1-9-12(7-25-18-17(9)23-3-4-28-18)11-5-10-6-14(26-19(27)22-2)24-8-13(10)16(21)15(11)20/h5-8,23H,3-4,21H2,1-2H3,(H2,22,24,26,27). The Balaban J connectivity index is 1.87. The van der Waals surface area contributed by atoms with Crippen molar-refractivity contribution in [1.29, 1.82) is 0 Å². The summed E-state index contributed by atoms with van der Waals surface area (Å²) in [7, 11) is 1.51. The fourth-order valence-electron chi connectivity index (χ4n) is 3.23. The topological polar surface area (TPSA) is 114 Å². The Bertz CT molecular complexity index is 1100. The zero-order valence-electron chi connectivity index (χ0n) is 15.4. The zero-order valence-corrected chi connectivity index (χ0v) is 15.4. The lowest BCUT2D eigenvalue weighted by Gasteiger charge is -2.22. The van der Waals surface area contributed by atoms with E-state index in [2.05, 4.69) is 25.9 Å². The van der Waals surface area contributed by atoms with E-state index in [4.69, 9.17) is 10.5 Å². The molecule has 1 aliphatic rings. The first-order valence-corrected chi connectivity index (χ1v) is 8.72. The third-order valence-corrected chi connectivity index (χ3v) is 4.70. The van der Waals surface area contributed by atoms with Crippen LogP contribution in [0.5, 0.6) is 5.88 Å². The van der Waals surface area contributed by atoms with E-state index in [1.165, 1.54) is 13.2 Å². The van der Waals surface area contributed by atoms with Crippen molar-refractivity contribution in [1.82, 2.24) is 15.3 Å². The van der Waals surface area contributed by atoms with Crippen LogP contribution >= 0.6 is 0 Å². The molecule has 144 valence electrons. The number of aromatic nitrogens is 2. The third-order valence-electron chi connectivity index (χ3n) is 4.70. The summed E-state index contributed by atoms with van der Waals surface area (Å²) in [4.78, 5) is 20.0. The molecule has 3 aromatic rings. The molecule has 1 aliphatic heterocycles. The number of hydrogen-bond donors (Lipinski definition) is 4. The summed E-state index contributed by atoms with van der Waals surface area (Å²) in [5, 5.41) is 9.41. The summed E-state index contributed by atoms with van der Waals surface area (Å²) < 4.78 is 20.6. The van der Waals surface area contributed by atoms with Gasteiger partial charge in [0, 0.05) is 42.5 Å². The highest BCUT2D eigenvalue weighted by molar-refractivity contribution is 5.99. The van der Waals surface area contributed by atoms with E-state index in [0.717, 1.165) is 11.3 Å².